The number of rotatable bonds is 5. The lowest BCUT2D eigenvalue weighted by Crippen LogP contribution is -2.37. The van der Waals surface area contributed by atoms with E-state index in [0.29, 0.717) is 0 Å². The first-order valence-corrected chi connectivity index (χ1v) is 5.17. The number of ether oxygens (including phenoxy) is 1. The molecule has 0 aliphatic rings. The maximum absolute atomic E-state index is 11.5. The lowest BCUT2D eigenvalue weighted by atomic mass is 10.0. The first-order valence-electron chi connectivity index (χ1n) is 5.17. The summed E-state index contributed by atoms with van der Waals surface area (Å²) in [5.74, 6) is -0.371. The summed E-state index contributed by atoms with van der Waals surface area (Å²) in [7, 11) is 1.42. The fourth-order valence-electron chi connectivity index (χ4n) is 1.53. The van der Waals surface area contributed by atoms with E-state index in [0.717, 1.165) is 4.57 Å². The zero-order chi connectivity index (χ0) is 13.0. The van der Waals surface area contributed by atoms with Crippen molar-refractivity contribution in [1.29, 1.82) is 0 Å². The first kappa shape index (κ1) is 13.6. The Kier molecular flexibility index (Phi) is 4.62. The third kappa shape index (κ3) is 3.02. The van der Waals surface area contributed by atoms with Crippen LogP contribution in [0.3, 0.4) is 0 Å². The molecule has 3 atom stereocenters. The predicted molar refractivity (Wildman–Crippen MR) is 61.2 cm³/mol. The largest absolute Gasteiger partial charge is 0.394 e. The Morgan fingerprint density at radius 2 is 2.29 bits per heavy atom. The van der Waals surface area contributed by atoms with Crippen LogP contribution in [0.25, 0.3) is 0 Å². The monoisotopic (exact) mass is 243 g/mol. The van der Waals surface area contributed by atoms with Gasteiger partial charge in [-0.1, -0.05) is 6.92 Å². The third-order valence-electron chi connectivity index (χ3n) is 2.68. The zero-order valence-corrected chi connectivity index (χ0v) is 9.78. The number of hydrogen-bond acceptors (Lipinski definition) is 6. The Hall–Kier alpha value is -1.44. The van der Waals surface area contributed by atoms with Crippen molar-refractivity contribution in [3.05, 3.63) is 22.7 Å². The quantitative estimate of drug-likeness (QED) is 0.609. The number of hydrogen-bond donors (Lipinski definition) is 3. The van der Waals surface area contributed by atoms with Crippen molar-refractivity contribution in [2.24, 2.45) is 5.92 Å². The molecule has 96 valence electrons. The maximum atomic E-state index is 11.5. The smallest absolute Gasteiger partial charge is 0.351 e. The minimum atomic E-state index is -1.13. The fraction of sp³-hybridized carbons (Fsp3) is 0.600. The van der Waals surface area contributed by atoms with E-state index in [-0.39, 0.29) is 12.4 Å². The molecule has 7 nitrogen and oxygen atoms in total. The van der Waals surface area contributed by atoms with E-state index < -0.39 is 23.9 Å². The number of nitrogens with zero attached hydrogens (tertiary/aromatic N) is 2. The van der Waals surface area contributed by atoms with Crippen molar-refractivity contribution >= 4 is 5.82 Å². The molecule has 1 heterocycles. The van der Waals surface area contributed by atoms with Crippen LogP contribution in [0.4, 0.5) is 5.82 Å². The maximum Gasteiger partial charge on any atom is 0.351 e. The lowest BCUT2D eigenvalue weighted by molar-refractivity contribution is -0.0612. The van der Waals surface area contributed by atoms with Gasteiger partial charge in [0, 0.05) is 19.2 Å². The second kappa shape index (κ2) is 5.76. The van der Waals surface area contributed by atoms with E-state index in [1.54, 1.807) is 6.92 Å². The van der Waals surface area contributed by atoms with Gasteiger partial charge < -0.3 is 20.7 Å². The number of aliphatic hydroxyl groups excluding tert-OH is 2. The highest BCUT2D eigenvalue weighted by molar-refractivity contribution is 5.23. The summed E-state index contributed by atoms with van der Waals surface area (Å²) in [4.78, 5) is 15.0. The SMILES string of the molecule is CO[C@H](CO)[C@@H](C)[C@@H](O)n1ccc(N)nc1=O. The Morgan fingerprint density at radius 3 is 2.76 bits per heavy atom. The molecule has 0 fully saturated rings. The van der Waals surface area contributed by atoms with Crippen LogP contribution in [0.5, 0.6) is 0 Å². The topological polar surface area (TPSA) is 111 Å². The molecule has 0 aromatic carbocycles. The lowest BCUT2D eigenvalue weighted by Gasteiger charge is -2.26. The number of methoxy groups -OCH3 is 1. The molecule has 1 aromatic rings. The summed E-state index contributed by atoms with van der Waals surface area (Å²) in [5, 5.41) is 19.0. The van der Waals surface area contributed by atoms with Gasteiger partial charge in [0.25, 0.3) is 0 Å². The van der Waals surface area contributed by atoms with Crippen LogP contribution in [0.1, 0.15) is 13.2 Å². The molecular weight excluding hydrogens is 226 g/mol. The summed E-state index contributed by atoms with van der Waals surface area (Å²) in [6.45, 7) is 1.42. The molecule has 0 aliphatic heterocycles. The molecule has 0 bridgehead atoms. The van der Waals surface area contributed by atoms with Gasteiger partial charge in [0.05, 0.1) is 12.7 Å². The standard InChI is InChI=1S/C10H17N3O4/c1-6(7(5-14)17-2)9(15)13-4-3-8(11)12-10(13)16/h3-4,6-7,9,14-15H,5H2,1-2H3,(H2,11,12,16)/t6-,7-,9-/m1/s1. The van der Waals surface area contributed by atoms with E-state index in [1.807, 2.05) is 0 Å². The average molecular weight is 243 g/mol. The van der Waals surface area contributed by atoms with E-state index in [2.05, 4.69) is 4.98 Å². The summed E-state index contributed by atoms with van der Waals surface area (Å²) in [6.07, 6.45) is -0.335. The highest BCUT2D eigenvalue weighted by atomic mass is 16.5. The number of nitrogen functional groups attached to an aromatic ring is 1. The predicted octanol–water partition coefficient (Wildman–Crippen LogP) is -1.04. The van der Waals surface area contributed by atoms with Gasteiger partial charge in [-0.25, -0.2) is 4.79 Å². The van der Waals surface area contributed by atoms with Gasteiger partial charge in [-0.2, -0.15) is 4.98 Å². The van der Waals surface area contributed by atoms with Gasteiger partial charge in [0.15, 0.2) is 0 Å². The molecule has 1 rings (SSSR count). The number of anilines is 1. The van der Waals surface area contributed by atoms with Gasteiger partial charge in [-0.15, -0.1) is 0 Å². The summed E-state index contributed by atoms with van der Waals surface area (Å²) in [6, 6.07) is 1.41. The van der Waals surface area contributed by atoms with Gasteiger partial charge in [0.1, 0.15) is 12.0 Å². The van der Waals surface area contributed by atoms with Crippen molar-refractivity contribution in [2.45, 2.75) is 19.3 Å². The van der Waals surface area contributed by atoms with Crippen molar-refractivity contribution in [1.82, 2.24) is 9.55 Å². The molecule has 0 spiro atoms. The molecule has 0 saturated heterocycles. The second-order valence-corrected chi connectivity index (χ2v) is 3.77. The van der Waals surface area contributed by atoms with Gasteiger partial charge >= 0.3 is 5.69 Å². The highest BCUT2D eigenvalue weighted by Gasteiger charge is 2.25. The van der Waals surface area contributed by atoms with Crippen LogP contribution in [-0.2, 0) is 4.74 Å². The molecule has 0 amide bonds. The van der Waals surface area contributed by atoms with E-state index >= 15 is 0 Å². The van der Waals surface area contributed by atoms with Gasteiger partial charge in [0.2, 0.25) is 0 Å². The molecule has 0 radical (unpaired) electrons. The Balaban J connectivity index is 2.95. The molecule has 0 unspecified atom stereocenters. The van der Waals surface area contributed by atoms with Crippen molar-refractivity contribution in [3.8, 4) is 0 Å². The zero-order valence-electron chi connectivity index (χ0n) is 9.78. The summed E-state index contributed by atoms with van der Waals surface area (Å²) in [5.41, 5.74) is 4.70. The minimum Gasteiger partial charge on any atom is -0.394 e. The number of nitrogens with two attached hydrogens (primary N) is 1. The van der Waals surface area contributed by atoms with Crippen LogP contribution in [0.2, 0.25) is 0 Å². The Labute approximate surface area is 98.5 Å². The number of aromatic nitrogens is 2. The van der Waals surface area contributed by atoms with Crippen LogP contribution in [0, 0.1) is 5.92 Å². The molecule has 0 aliphatic carbocycles. The summed E-state index contributed by atoms with van der Waals surface area (Å²) >= 11 is 0. The molecule has 4 N–H and O–H groups in total. The normalized spacial score (nSPS) is 16.5. The van der Waals surface area contributed by atoms with Crippen LogP contribution >= 0.6 is 0 Å². The molecule has 0 saturated carbocycles. The molecule has 1 aromatic heterocycles. The van der Waals surface area contributed by atoms with Gasteiger partial charge in [-0.3, -0.25) is 4.57 Å². The second-order valence-electron chi connectivity index (χ2n) is 3.77. The number of aliphatic hydroxyl groups is 2. The third-order valence-corrected chi connectivity index (χ3v) is 2.68. The first-order chi connectivity index (χ1) is 8.01. The van der Waals surface area contributed by atoms with E-state index in [4.69, 9.17) is 15.6 Å². The molecule has 7 heteroatoms. The van der Waals surface area contributed by atoms with Crippen LogP contribution in [-0.4, -0.2) is 39.6 Å². The van der Waals surface area contributed by atoms with Crippen molar-refractivity contribution < 1.29 is 14.9 Å². The fourth-order valence-corrected chi connectivity index (χ4v) is 1.53. The minimum absolute atomic E-state index is 0.0940. The molecular formula is C10H17N3O4. The van der Waals surface area contributed by atoms with E-state index in [9.17, 15) is 9.90 Å². The Bertz CT molecular complexity index is 416. The van der Waals surface area contributed by atoms with Crippen molar-refractivity contribution in [3.63, 3.8) is 0 Å². The van der Waals surface area contributed by atoms with Crippen molar-refractivity contribution in [2.75, 3.05) is 19.5 Å². The summed E-state index contributed by atoms with van der Waals surface area (Å²) < 4.78 is 6.04. The molecule has 17 heavy (non-hydrogen) atoms. The van der Waals surface area contributed by atoms with E-state index in [1.165, 1.54) is 19.4 Å². The Morgan fingerprint density at radius 1 is 1.65 bits per heavy atom. The average Bonchev–Trinajstić information content (AvgIpc) is 2.29. The van der Waals surface area contributed by atoms with Crippen LogP contribution < -0.4 is 11.4 Å². The highest BCUT2D eigenvalue weighted by Crippen LogP contribution is 2.18. The van der Waals surface area contributed by atoms with Gasteiger partial charge in [-0.05, 0) is 6.07 Å². The van der Waals surface area contributed by atoms with Crippen LogP contribution in [0.15, 0.2) is 17.1 Å².